The van der Waals surface area contributed by atoms with Crippen LogP contribution in [0.2, 0.25) is 0 Å². The van der Waals surface area contributed by atoms with Gasteiger partial charge in [0.25, 0.3) is 0 Å². The number of H-pyrrole nitrogens is 2. The molecule has 8 bridgehead atoms. The van der Waals surface area contributed by atoms with E-state index >= 15 is 0 Å². The van der Waals surface area contributed by atoms with Crippen LogP contribution in [0.1, 0.15) is 22.8 Å². The molecule has 0 amide bonds. The van der Waals surface area contributed by atoms with E-state index in [-0.39, 0.29) is 79.1 Å². The molecule has 18 heteroatoms. The smallest absolute Gasteiger partial charge is 0.243 e. The Labute approximate surface area is 378 Å². The van der Waals surface area contributed by atoms with Gasteiger partial charge in [-0.15, -0.1) is 0 Å². The van der Waals surface area contributed by atoms with Crippen LogP contribution in [0.4, 0.5) is 0 Å². The van der Waals surface area contributed by atoms with Crippen LogP contribution in [-0.2, 0) is 73.5 Å². The third-order valence-corrected chi connectivity index (χ3v) is 10.0. The first-order valence-electron chi connectivity index (χ1n) is 17.3. The Kier molecular flexibility index (Phi) is 14.9. The Morgan fingerprint density at radius 3 is 0.776 bits per heavy atom. The molecular formula is C40H42Cl5MnN12-. The van der Waals surface area contributed by atoms with Gasteiger partial charge >= 0.3 is 0 Å². The minimum absolute atomic E-state index is 0. The number of nitrogens with one attached hydrogen (secondary N) is 2. The van der Waals surface area contributed by atoms with Crippen molar-refractivity contribution in [1.29, 1.82) is 0 Å². The van der Waals surface area contributed by atoms with E-state index in [1.165, 1.54) is 0 Å². The fraction of sp³-hybridized carbons (Fsp3) is 0.200. The Balaban J connectivity index is 0.00000150. The fourth-order valence-corrected chi connectivity index (χ4v) is 7.86. The van der Waals surface area contributed by atoms with E-state index in [0.717, 1.165) is 89.9 Å². The first-order chi connectivity index (χ1) is 25.0. The molecule has 0 saturated carbocycles. The molecule has 2 N–H and O–H groups in total. The molecule has 9 heterocycles. The summed E-state index contributed by atoms with van der Waals surface area (Å²) in [5.74, 6) is 0. The van der Waals surface area contributed by atoms with Crippen molar-refractivity contribution >= 4 is 46.4 Å². The summed E-state index contributed by atoms with van der Waals surface area (Å²) in [7, 11) is 16.5. The topological polar surface area (TPSA) is 92.6 Å². The molecule has 7 aromatic rings. The van der Waals surface area contributed by atoms with Gasteiger partial charge in [0, 0.05) is 17.1 Å². The van der Waals surface area contributed by atoms with Gasteiger partial charge in [0.1, 0.15) is 24.8 Å². The van der Waals surface area contributed by atoms with E-state index in [0.29, 0.717) is 0 Å². The van der Waals surface area contributed by atoms with Crippen LogP contribution in [-0.4, -0.2) is 38.2 Å². The maximum absolute atomic E-state index is 5.42. The number of aromatic nitrogens is 12. The van der Waals surface area contributed by atoms with Crippen molar-refractivity contribution in [3.63, 3.8) is 0 Å². The van der Waals surface area contributed by atoms with Crippen LogP contribution in [0, 0.1) is 0 Å². The molecule has 2 aliphatic heterocycles. The number of aromatic amines is 2. The Hall–Kier alpha value is -4.59. The van der Waals surface area contributed by atoms with Crippen LogP contribution in [0.3, 0.4) is 0 Å². The first kappa shape index (κ1) is 47.8. The van der Waals surface area contributed by atoms with Gasteiger partial charge in [0.05, 0.1) is 123 Å². The number of hydrogen-bond donors (Lipinski definition) is 2. The third kappa shape index (κ3) is 8.05. The Bertz CT molecular complexity index is 2490. The Morgan fingerprint density at radius 2 is 0.603 bits per heavy atom. The van der Waals surface area contributed by atoms with Crippen LogP contribution < -0.4 is 80.3 Å². The zero-order valence-corrected chi connectivity index (χ0v) is 37.9. The van der Waals surface area contributed by atoms with Gasteiger partial charge in [-0.2, -0.15) is 0 Å². The van der Waals surface area contributed by atoms with Crippen LogP contribution in [0.25, 0.3) is 91.4 Å². The number of aryl methyl sites for hydroxylation is 8. The normalized spacial score (nSPS) is 11.2. The number of halogens is 5. The summed E-state index contributed by atoms with van der Waals surface area (Å²) in [4.78, 5) is 18.5. The quantitative estimate of drug-likeness (QED) is 0.136. The van der Waals surface area contributed by atoms with Crippen molar-refractivity contribution in [3.8, 4) is 45.0 Å². The van der Waals surface area contributed by atoms with Crippen molar-refractivity contribution in [2.24, 2.45) is 56.4 Å². The zero-order valence-electron chi connectivity index (χ0n) is 33.0. The van der Waals surface area contributed by atoms with E-state index in [2.05, 4.69) is 173 Å². The number of nitrogens with zero attached hydrogens (tertiary/aromatic N) is 10. The molecule has 1 radical (unpaired) electrons. The van der Waals surface area contributed by atoms with Crippen LogP contribution in [0.15, 0.2) is 74.4 Å². The number of imidazole rings is 4. The molecule has 9 rings (SSSR count). The first-order valence-corrected chi connectivity index (χ1v) is 17.3. The molecule has 7 aromatic heterocycles. The SMILES string of the molecule is Cn1c[n+](C)cc1-c1c2nc(c(-c3c[n+](C)cn3C)c3ccc([nH]3)c(-c3c[n+](C)cn3C)c3nc(c(-c4c[n+](C)cn4C)c4ccc1[nH]4)C=C3)C=C2.[Cl-].[Cl-].[Cl-].[Cl-].[Cl-].[Mn]. The Morgan fingerprint density at radius 1 is 0.397 bits per heavy atom. The van der Waals surface area contributed by atoms with Gasteiger partial charge in [-0.25, -0.2) is 46.5 Å². The predicted molar refractivity (Wildman–Crippen MR) is 201 cm³/mol. The molecule has 305 valence electrons. The van der Waals surface area contributed by atoms with Gasteiger partial charge in [-0.05, 0) is 48.6 Å². The van der Waals surface area contributed by atoms with Crippen molar-refractivity contribution in [3.05, 3.63) is 97.1 Å². The second-order valence-corrected chi connectivity index (χ2v) is 14.1. The minimum Gasteiger partial charge on any atom is -1.00 e. The van der Waals surface area contributed by atoms with Gasteiger partial charge in [0.15, 0.2) is 22.8 Å². The van der Waals surface area contributed by atoms with Crippen molar-refractivity contribution in [2.75, 3.05) is 0 Å². The monoisotopic (exact) mass is 920 g/mol. The molecule has 0 unspecified atom stereocenters. The van der Waals surface area contributed by atoms with Gasteiger partial charge in [-0.1, -0.05) is 0 Å². The maximum atomic E-state index is 5.42. The molecule has 0 aromatic carbocycles. The standard InChI is InChI=1S/C40H42N12.5ClH.Mn/c1-45-17-33(49(5)21-45)37-25-9-11-27(41-25)38(34-18-46(2)22-50(34)6)29-13-15-31(43-29)40(36-20-48(4)24-52(36)8)32-16-14-30(44-32)39(28-12-10-26(37)42-28)35-19-47(3)23-51(35)7;;;;;;/h9-24,41,44H,1-8H3;5*1H;/q+4;;;;;;/p-5. The third-order valence-electron chi connectivity index (χ3n) is 10.0. The van der Waals surface area contributed by atoms with E-state index in [9.17, 15) is 0 Å². The molecule has 0 atom stereocenters. The summed E-state index contributed by atoms with van der Waals surface area (Å²) >= 11 is 0. The molecule has 0 aliphatic carbocycles. The maximum Gasteiger partial charge on any atom is 0.243 e. The van der Waals surface area contributed by atoms with E-state index in [4.69, 9.17) is 9.97 Å². The van der Waals surface area contributed by atoms with Gasteiger partial charge < -0.3 is 72.0 Å². The van der Waals surface area contributed by atoms with Gasteiger partial charge in [-0.3, -0.25) is 0 Å². The van der Waals surface area contributed by atoms with Crippen molar-refractivity contribution in [2.45, 2.75) is 0 Å². The predicted octanol–water partition coefficient (Wildman–Crippen LogP) is -11.0. The van der Waals surface area contributed by atoms with E-state index < -0.39 is 0 Å². The largest absolute Gasteiger partial charge is 1.00 e. The summed E-state index contributed by atoms with van der Waals surface area (Å²) in [6.07, 6.45) is 25.4. The summed E-state index contributed by atoms with van der Waals surface area (Å²) in [6, 6.07) is 8.66. The molecule has 58 heavy (non-hydrogen) atoms. The summed E-state index contributed by atoms with van der Waals surface area (Å²) < 4.78 is 16.9. The molecule has 0 spiro atoms. The molecule has 12 nitrogen and oxygen atoms in total. The molecule has 0 fully saturated rings. The van der Waals surface area contributed by atoms with Crippen molar-refractivity contribution < 1.29 is 97.4 Å². The molecule has 2 aliphatic rings. The molecular weight excluding hydrogens is 881 g/mol. The average molecular weight is 923 g/mol. The summed E-state index contributed by atoms with van der Waals surface area (Å²) in [5, 5.41) is 0. The molecule has 0 saturated heterocycles. The van der Waals surface area contributed by atoms with Crippen LogP contribution >= 0.6 is 0 Å². The minimum atomic E-state index is 0. The second-order valence-electron chi connectivity index (χ2n) is 14.1. The summed E-state index contributed by atoms with van der Waals surface area (Å²) in [5.41, 5.74) is 15.6. The van der Waals surface area contributed by atoms with E-state index in [1.807, 2.05) is 28.2 Å². The van der Waals surface area contributed by atoms with E-state index in [1.54, 1.807) is 0 Å². The van der Waals surface area contributed by atoms with Crippen molar-refractivity contribution in [1.82, 2.24) is 38.2 Å². The zero-order chi connectivity index (χ0) is 36.0. The van der Waals surface area contributed by atoms with Crippen LogP contribution in [0.5, 0.6) is 0 Å². The fourth-order valence-electron chi connectivity index (χ4n) is 7.86. The number of fused-ring (bicyclic) bond motifs is 8. The number of hydrogen-bond acceptors (Lipinski definition) is 2. The number of rotatable bonds is 4. The van der Waals surface area contributed by atoms with Gasteiger partial charge in [0.2, 0.25) is 25.3 Å². The second kappa shape index (κ2) is 18.1. The average Bonchev–Trinajstić information content (AvgIpc) is 3.93. The summed E-state index contributed by atoms with van der Waals surface area (Å²) in [6.45, 7) is 0.